The van der Waals surface area contributed by atoms with E-state index in [2.05, 4.69) is 0 Å². The molecule has 0 saturated heterocycles. The maximum atomic E-state index is 10.5. The maximum absolute atomic E-state index is 10.5. The van der Waals surface area contributed by atoms with E-state index in [4.69, 9.17) is 33.0 Å². The Bertz CT molecular complexity index is 353. The number of hydrogen-bond donors (Lipinski definition) is 1. The Balaban J connectivity index is 2.74. The molecule has 74 valence electrons. The summed E-state index contributed by atoms with van der Waals surface area (Å²) < 4.78 is 4.98. The number of ether oxygens (including phenoxy) is 1. The van der Waals surface area contributed by atoms with Crippen LogP contribution < -0.4 is 4.74 Å². The second-order valence-corrected chi connectivity index (χ2v) is 3.36. The standard InChI is InChI=1S/C9H6Cl2O3/c10-8(11)5-14-7-3-1-6(2-4-7)9(12)13/h1-5H,(H,12,13). The summed E-state index contributed by atoms with van der Waals surface area (Å²) in [6, 6.07) is 5.87. The summed E-state index contributed by atoms with van der Waals surface area (Å²) in [5.74, 6) is -0.517. The van der Waals surface area contributed by atoms with Gasteiger partial charge in [0.1, 0.15) is 16.5 Å². The molecule has 0 saturated carbocycles. The van der Waals surface area contributed by atoms with E-state index in [1.165, 1.54) is 24.3 Å². The van der Waals surface area contributed by atoms with E-state index < -0.39 is 5.97 Å². The molecule has 0 unspecified atom stereocenters. The van der Waals surface area contributed by atoms with E-state index in [9.17, 15) is 4.79 Å². The molecule has 0 aromatic heterocycles. The van der Waals surface area contributed by atoms with Crippen LogP contribution in [0.15, 0.2) is 35.0 Å². The van der Waals surface area contributed by atoms with Gasteiger partial charge in [-0.15, -0.1) is 0 Å². The number of rotatable bonds is 3. The first-order chi connectivity index (χ1) is 6.59. The number of benzene rings is 1. The number of carboxylic acids is 1. The lowest BCUT2D eigenvalue weighted by molar-refractivity contribution is 0.0697. The lowest BCUT2D eigenvalue weighted by Gasteiger charge is -1.99. The van der Waals surface area contributed by atoms with Gasteiger partial charge in [0, 0.05) is 0 Å². The summed E-state index contributed by atoms with van der Waals surface area (Å²) in [4.78, 5) is 10.5. The molecule has 1 rings (SSSR count). The molecule has 1 aromatic rings. The van der Waals surface area contributed by atoms with E-state index in [-0.39, 0.29) is 10.1 Å². The smallest absolute Gasteiger partial charge is 0.335 e. The number of hydrogen-bond acceptors (Lipinski definition) is 2. The molecule has 14 heavy (non-hydrogen) atoms. The lowest BCUT2D eigenvalue weighted by atomic mass is 10.2. The minimum Gasteiger partial charge on any atom is -0.478 e. The zero-order valence-corrected chi connectivity index (χ0v) is 8.42. The molecule has 0 spiro atoms. The maximum Gasteiger partial charge on any atom is 0.335 e. The third-order valence-electron chi connectivity index (χ3n) is 1.39. The Morgan fingerprint density at radius 3 is 2.29 bits per heavy atom. The minimum atomic E-state index is -0.984. The normalized spacial score (nSPS) is 9.29. The van der Waals surface area contributed by atoms with Crippen molar-refractivity contribution >= 4 is 29.2 Å². The Morgan fingerprint density at radius 1 is 1.29 bits per heavy atom. The van der Waals surface area contributed by atoms with Crippen molar-refractivity contribution in [2.45, 2.75) is 0 Å². The number of aromatic carboxylic acids is 1. The SMILES string of the molecule is O=C(O)c1ccc(OC=C(Cl)Cl)cc1. The van der Waals surface area contributed by atoms with Crippen LogP contribution in [0.1, 0.15) is 10.4 Å². The molecule has 0 fully saturated rings. The Labute approximate surface area is 90.5 Å². The van der Waals surface area contributed by atoms with Gasteiger partial charge in [-0.05, 0) is 24.3 Å². The highest BCUT2D eigenvalue weighted by Gasteiger charge is 2.01. The van der Waals surface area contributed by atoms with Crippen LogP contribution in [0.3, 0.4) is 0 Å². The van der Waals surface area contributed by atoms with Gasteiger partial charge in [-0.3, -0.25) is 0 Å². The van der Waals surface area contributed by atoms with Crippen molar-refractivity contribution in [1.82, 2.24) is 0 Å². The van der Waals surface area contributed by atoms with E-state index in [1.54, 1.807) is 0 Å². The van der Waals surface area contributed by atoms with Gasteiger partial charge in [-0.1, -0.05) is 23.2 Å². The second-order valence-electron chi connectivity index (χ2n) is 2.35. The highest BCUT2D eigenvalue weighted by Crippen LogP contribution is 2.14. The van der Waals surface area contributed by atoms with Crippen molar-refractivity contribution in [3.05, 3.63) is 40.6 Å². The van der Waals surface area contributed by atoms with Crippen molar-refractivity contribution in [2.24, 2.45) is 0 Å². The molecule has 0 heterocycles. The van der Waals surface area contributed by atoms with E-state index in [0.717, 1.165) is 6.26 Å². The van der Waals surface area contributed by atoms with Crippen molar-refractivity contribution in [3.8, 4) is 5.75 Å². The molecule has 0 amide bonds. The van der Waals surface area contributed by atoms with E-state index in [1.807, 2.05) is 0 Å². The second kappa shape index (κ2) is 4.88. The summed E-state index contributed by atoms with van der Waals surface area (Å²) in [6.45, 7) is 0. The van der Waals surface area contributed by atoms with Crippen molar-refractivity contribution in [1.29, 1.82) is 0 Å². The molecule has 0 radical (unpaired) electrons. The van der Waals surface area contributed by atoms with Crippen LogP contribution in [0.4, 0.5) is 0 Å². The molecule has 0 aliphatic heterocycles. The molecular formula is C9H6Cl2O3. The third kappa shape index (κ3) is 3.28. The summed E-state index contributed by atoms with van der Waals surface area (Å²) in [7, 11) is 0. The molecule has 5 heteroatoms. The number of carbonyl (C=O) groups is 1. The molecule has 0 aliphatic carbocycles. The first kappa shape index (κ1) is 10.9. The van der Waals surface area contributed by atoms with Gasteiger partial charge in [0.05, 0.1) is 5.56 Å². The molecule has 3 nitrogen and oxygen atoms in total. The van der Waals surface area contributed by atoms with E-state index in [0.29, 0.717) is 5.75 Å². The molecule has 0 aliphatic rings. The average Bonchev–Trinajstić information content (AvgIpc) is 2.15. The van der Waals surface area contributed by atoms with Gasteiger partial charge < -0.3 is 9.84 Å². The Hall–Kier alpha value is -1.19. The predicted octanol–water partition coefficient (Wildman–Crippen LogP) is 3.04. The van der Waals surface area contributed by atoms with Crippen LogP contribution in [0.25, 0.3) is 0 Å². The number of halogens is 2. The quantitative estimate of drug-likeness (QED) is 0.816. The van der Waals surface area contributed by atoms with Gasteiger partial charge in [0.25, 0.3) is 0 Å². The van der Waals surface area contributed by atoms with Gasteiger partial charge in [0.2, 0.25) is 0 Å². The zero-order valence-electron chi connectivity index (χ0n) is 6.91. The number of carboxylic acid groups (broad SMARTS) is 1. The Kier molecular flexibility index (Phi) is 3.80. The van der Waals surface area contributed by atoms with Gasteiger partial charge in [-0.25, -0.2) is 4.79 Å². The average molecular weight is 233 g/mol. The zero-order chi connectivity index (χ0) is 10.6. The van der Waals surface area contributed by atoms with Gasteiger partial charge >= 0.3 is 5.97 Å². The van der Waals surface area contributed by atoms with Crippen LogP contribution in [0.2, 0.25) is 0 Å². The van der Waals surface area contributed by atoms with Crippen LogP contribution >= 0.6 is 23.2 Å². The minimum absolute atomic E-state index is 0.00712. The predicted molar refractivity (Wildman–Crippen MR) is 53.8 cm³/mol. The summed E-state index contributed by atoms with van der Waals surface area (Å²) in [5, 5.41) is 8.60. The third-order valence-corrected chi connectivity index (χ3v) is 1.56. The highest BCUT2D eigenvalue weighted by molar-refractivity contribution is 6.55. The fraction of sp³-hybridized carbons (Fsp3) is 0. The molecular weight excluding hydrogens is 227 g/mol. The van der Waals surface area contributed by atoms with Crippen LogP contribution in [0, 0.1) is 0 Å². The molecule has 0 bridgehead atoms. The van der Waals surface area contributed by atoms with Crippen LogP contribution in [0.5, 0.6) is 5.75 Å². The van der Waals surface area contributed by atoms with Gasteiger partial charge in [-0.2, -0.15) is 0 Å². The molecule has 1 N–H and O–H groups in total. The van der Waals surface area contributed by atoms with Crippen LogP contribution in [-0.2, 0) is 0 Å². The fourth-order valence-corrected chi connectivity index (χ4v) is 0.878. The summed E-state index contributed by atoms with van der Waals surface area (Å²) in [6.07, 6.45) is 1.15. The summed E-state index contributed by atoms with van der Waals surface area (Å²) in [5.41, 5.74) is 0.193. The molecule has 0 atom stereocenters. The van der Waals surface area contributed by atoms with Crippen LogP contribution in [-0.4, -0.2) is 11.1 Å². The first-order valence-corrected chi connectivity index (χ1v) is 4.36. The van der Waals surface area contributed by atoms with Crippen molar-refractivity contribution < 1.29 is 14.6 Å². The van der Waals surface area contributed by atoms with Crippen molar-refractivity contribution in [3.63, 3.8) is 0 Å². The monoisotopic (exact) mass is 232 g/mol. The highest BCUT2D eigenvalue weighted by atomic mass is 35.5. The largest absolute Gasteiger partial charge is 0.478 e. The van der Waals surface area contributed by atoms with Gasteiger partial charge in [0.15, 0.2) is 0 Å². The topological polar surface area (TPSA) is 46.5 Å². The van der Waals surface area contributed by atoms with E-state index >= 15 is 0 Å². The lowest BCUT2D eigenvalue weighted by Crippen LogP contribution is -1.95. The first-order valence-electron chi connectivity index (χ1n) is 3.61. The molecule has 1 aromatic carbocycles. The van der Waals surface area contributed by atoms with Crippen molar-refractivity contribution in [2.75, 3.05) is 0 Å². The summed E-state index contributed by atoms with van der Waals surface area (Å²) >= 11 is 10.6. The Morgan fingerprint density at radius 2 is 1.86 bits per heavy atom. The fourth-order valence-electron chi connectivity index (χ4n) is 0.789.